The average Bonchev–Trinajstić information content (AvgIpc) is 3.45. The third kappa shape index (κ3) is 14.6. The summed E-state index contributed by atoms with van der Waals surface area (Å²) in [5.41, 5.74) is 5.59. The number of primary amides is 1. The molecule has 0 aliphatic heterocycles. The summed E-state index contributed by atoms with van der Waals surface area (Å²) in [5.74, 6) is -5.09. The summed E-state index contributed by atoms with van der Waals surface area (Å²) in [4.78, 5) is 86.8. The quantitative estimate of drug-likeness (QED) is 0.0698. The van der Waals surface area contributed by atoms with Crippen LogP contribution < -0.4 is 32.3 Å². The number of aromatic nitrogens is 3. The Balaban J connectivity index is 2.83. The Bertz CT molecular complexity index is 1240. The van der Waals surface area contributed by atoms with Crippen molar-refractivity contribution in [1.29, 1.82) is 0 Å². The van der Waals surface area contributed by atoms with Gasteiger partial charge in [-0.25, -0.2) is 4.68 Å². The van der Waals surface area contributed by atoms with E-state index in [2.05, 4.69) is 36.9 Å². The van der Waals surface area contributed by atoms with E-state index in [0.717, 1.165) is 0 Å². The predicted octanol–water partition coefficient (Wildman–Crippen LogP) is -1.53. The van der Waals surface area contributed by atoms with Gasteiger partial charge in [0.05, 0.1) is 25.8 Å². The molecular formula is C29H49N9O9. The third-order valence-corrected chi connectivity index (χ3v) is 6.95. The highest BCUT2D eigenvalue weighted by atomic mass is 16.5. The molecule has 264 valence electrons. The number of hydrogen-bond acceptors (Lipinski definition) is 10. The van der Waals surface area contributed by atoms with Crippen molar-refractivity contribution >= 4 is 41.4 Å². The van der Waals surface area contributed by atoms with E-state index in [4.69, 9.17) is 15.6 Å². The number of rotatable bonds is 22. The molecule has 0 saturated carbocycles. The minimum absolute atomic E-state index is 0.00450. The van der Waals surface area contributed by atoms with Gasteiger partial charge in [0.25, 0.3) is 0 Å². The summed E-state index contributed by atoms with van der Waals surface area (Å²) in [6.45, 7) is 9.77. The zero-order valence-electron chi connectivity index (χ0n) is 27.8. The fourth-order valence-electron chi connectivity index (χ4n) is 4.18. The van der Waals surface area contributed by atoms with Crippen molar-refractivity contribution in [3.05, 3.63) is 11.9 Å². The SMILES string of the molecule is CCC[C@H](NC(=O)[C@H](CC)NC(=O)Cn1cc(COCCC(=O)O)nn1)C(=O)N[C@H](C(=O)N[C@@H](CC)C(=O)N[C@H](C)C(N)=O)C(C)C. The molecular weight excluding hydrogens is 618 g/mol. The van der Waals surface area contributed by atoms with Gasteiger partial charge in [-0.15, -0.1) is 5.10 Å². The lowest BCUT2D eigenvalue weighted by atomic mass is 10.0. The molecule has 5 atom stereocenters. The molecule has 8 N–H and O–H groups in total. The zero-order valence-corrected chi connectivity index (χ0v) is 27.8. The van der Waals surface area contributed by atoms with Crippen LogP contribution >= 0.6 is 0 Å². The van der Waals surface area contributed by atoms with Crippen LogP contribution in [0.25, 0.3) is 0 Å². The number of carboxylic acids is 1. The van der Waals surface area contributed by atoms with Crippen LogP contribution in [-0.2, 0) is 51.5 Å². The van der Waals surface area contributed by atoms with Crippen LogP contribution in [0.4, 0.5) is 0 Å². The number of carbonyl (C=O) groups is 7. The third-order valence-electron chi connectivity index (χ3n) is 6.95. The summed E-state index contributed by atoms with van der Waals surface area (Å²) >= 11 is 0. The fourth-order valence-corrected chi connectivity index (χ4v) is 4.18. The van der Waals surface area contributed by atoms with Crippen LogP contribution in [0.3, 0.4) is 0 Å². The topological polar surface area (TPSA) is 266 Å². The van der Waals surface area contributed by atoms with E-state index >= 15 is 0 Å². The maximum absolute atomic E-state index is 13.3. The lowest BCUT2D eigenvalue weighted by molar-refractivity contribution is -0.138. The number of nitrogens with one attached hydrogen (secondary N) is 5. The molecule has 0 bridgehead atoms. The van der Waals surface area contributed by atoms with Crippen molar-refractivity contribution in [2.45, 2.75) is 117 Å². The van der Waals surface area contributed by atoms with E-state index < -0.39 is 77.5 Å². The van der Waals surface area contributed by atoms with E-state index in [1.54, 1.807) is 27.7 Å². The Morgan fingerprint density at radius 3 is 1.98 bits per heavy atom. The maximum atomic E-state index is 13.3. The molecule has 47 heavy (non-hydrogen) atoms. The highest BCUT2D eigenvalue weighted by Gasteiger charge is 2.32. The molecule has 18 nitrogen and oxygen atoms in total. The lowest BCUT2D eigenvalue weighted by Gasteiger charge is -2.28. The first-order valence-corrected chi connectivity index (χ1v) is 15.6. The molecule has 0 radical (unpaired) electrons. The average molecular weight is 668 g/mol. The van der Waals surface area contributed by atoms with Gasteiger partial charge in [0.15, 0.2) is 0 Å². The molecule has 0 fully saturated rings. The second-order valence-electron chi connectivity index (χ2n) is 11.3. The smallest absolute Gasteiger partial charge is 0.305 e. The summed E-state index contributed by atoms with van der Waals surface area (Å²) in [5, 5.41) is 29.4. The molecule has 1 rings (SSSR count). The highest BCUT2D eigenvalue weighted by molar-refractivity contribution is 5.96. The van der Waals surface area contributed by atoms with Gasteiger partial charge in [-0.3, -0.25) is 33.6 Å². The Labute approximate surface area is 273 Å². The van der Waals surface area contributed by atoms with E-state index in [-0.39, 0.29) is 45.4 Å². The van der Waals surface area contributed by atoms with Gasteiger partial charge in [-0.1, -0.05) is 46.3 Å². The number of carbonyl (C=O) groups excluding carboxylic acids is 6. The summed E-state index contributed by atoms with van der Waals surface area (Å²) in [6, 6.07) is -4.97. The van der Waals surface area contributed by atoms with E-state index in [1.165, 1.54) is 17.8 Å². The van der Waals surface area contributed by atoms with Gasteiger partial charge in [0.2, 0.25) is 35.4 Å². The highest BCUT2D eigenvalue weighted by Crippen LogP contribution is 2.07. The van der Waals surface area contributed by atoms with Gasteiger partial charge in [0, 0.05) is 0 Å². The van der Waals surface area contributed by atoms with Gasteiger partial charge >= 0.3 is 5.97 Å². The summed E-state index contributed by atoms with van der Waals surface area (Å²) in [7, 11) is 0. The minimum Gasteiger partial charge on any atom is -0.481 e. The van der Waals surface area contributed by atoms with Crippen molar-refractivity contribution in [3.63, 3.8) is 0 Å². The van der Waals surface area contributed by atoms with Crippen LogP contribution in [-0.4, -0.2) is 98.3 Å². The second kappa shape index (κ2) is 20.5. The van der Waals surface area contributed by atoms with Crippen molar-refractivity contribution in [1.82, 2.24) is 41.6 Å². The molecule has 1 heterocycles. The molecule has 0 aliphatic carbocycles. The first-order valence-electron chi connectivity index (χ1n) is 15.6. The van der Waals surface area contributed by atoms with Crippen LogP contribution in [0.5, 0.6) is 0 Å². The number of hydrogen-bond donors (Lipinski definition) is 7. The number of nitrogens with two attached hydrogens (primary N) is 1. The molecule has 0 aliphatic rings. The molecule has 18 heteroatoms. The molecule has 1 aromatic heterocycles. The molecule has 0 saturated heterocycles. The fraction of sp³-hybridized carbons (Fsp3) is 0.690. The number of aliphatic carboxylic acids is 1. The second-order valence-corrected chi connectivity index (χ2v) is 11.3. The first kappa shape index (κ1) is 40.4. The molecule has 6 amide bonds. The number of amides is 6. The standard InChI is InChI=1S/C29H49N9O9/c1-7-10-21(28(45)35-24(16(4)5)29(46)33-20(9-3)26(43)31-17(6)25(30)42)34-27(44)19(8-2)32-22(39)14-38-13-18(36-37-38)15-47-12-11-23(40)41/h13,16-17,19-21,24H,7-12,14-15H2,1-6H3,(H2,30,42)(H,31,43)(H,32,39)(H,33,46)(H,34,44)(H,35,45)(H,40,41)/t17-,19+,20+,21+,24+/m1/s1. The van der Waals surface area contributed by atoms with Gasteiger partial charge in [-0.2, -0.15) is 0 Å². The summed E-state index contributed by atoms with van der Waals surface area (Å²) in [6.07, 6.45) is 2.48. The van der Waals surface area contributed by atoms with Crippen molar-refractivity contribution < 1.29 is 43.4 Å². The molecule has 0 aromatic carbocycles. The predicted molar refractivity (Wildman–Crippen MR) is 167 cm³/mol. The zero-order chi connectivity index (χ0) is 35.7. The number of ether oxygens (including phenoxy) is 1. The van der Waals surface area contributed by atoms with Gasteiger partial charge < -0.3 is 42.2 Å². The van der Waals surface area contributed by atoms with Crippen LogP contribution in [0.1, 0.15) is 79.3 Å². The number of nitrogens with zero attached hydrogens (tertiary/aromatic N) is 3. The molecule has 0 spiro atoms. The first-order chi connectivity index (χ1) is 22.1. The van der Waals surface area contributed by atoms with Crippen LogP contribution in [0.2, 0.25) is 0 Å². The monoisotopic (exact) mass is 667 g/mol. The molecule has 1 aromatic rings. The van der Waals surface area contributed by atoms with Gasteiger partial charge in [-0.05, 0) is 32.1 Å². The Morgan fingerprint density at radius 2 is 1.43 bits per heavy atom. The Kier molecular flexibility index (Phi) is 17.6. The van der Waals surface area contributed by atoms with Crippen molar-refractivity contribution in [3.8, 4) is 0 Å². The van der Waals surface area contributed by atoms with Crippen LogP contribution in [0, 0.1) is 5.92 Å². The van der Waals surface area contributed by atoms with Crippen molar-refractivity contribution in [2.75, 3.05) is 6.61 Å². The maximum Gasteiger partial charge on any atom is 0.305 e. The summed E-state index contributed by atoms with van der Waals surface area (Å²) < 4.78 is 6.45. The van der Waals surface area contributed by atoms with Crippen LogP contribution in [0.15, 0.2) is 6.20 Å². The number of carboxylic acid groups (broad SMARTS) is 1. The molecule has 0 unspecified atom stereocenters. The van der Waals surface area contributed by atoms with E-state index in [0.29, 0.717) is 12.1 Å². The van der Waals surface area contributed by atoms with Gasteiger partial charge in [0.1, 0.15) is 42.4 Å². The normalized spacial score (nSPS) is 14.2. The van der Waals surface area contributed by atoms with Crippen molar-refractivity contribution in [2.24, 2.45) is 11.7 Å². The van der Waals surface area contributed by atoms with E-state index in [9.17, 15) is 33.6 Å². The van der Waals surface area contributed by atoms with E-state index in [1.807, 2.05) is 6.92 Å². The largest absolute Gasteiger partial charge is 0.481 e. The Hall–Kier alpha value is -4.61. The minimum atomic E-state index is -1.05. The lowest BCUT2D eigenvalue weighted by Crippen LogP contribution is -2.59. The Morgan fingerprint density at radius 1 is 0.851 bits per heavy atom.